The summed E-state index contributed by atoms with van der Waals surface area (Å²) in [5.41, 5.74) is -0.656. The molecule has 1 aromatic carbocycles. The van der Waals surface area contributed by atoms with Crippen LogP contribution < -0.4 is 10.1 Å². The number of alkyl carbamates (subject to hydrolysis) is 1. The second kappa shape index (κ2) is 8.03. The van der Waals surface area contributed by atoms with Gasteiger partial charge in [-0.2, -0.15) is 0 Å². The quantitative estimate of drug-likeness (QED) is 0.622. The standard InChI is InChI=1S/C16H19F4NO3/c1-15(2,3)24-14(22)21-9-5-4-6-11-10-12(7-8-13(11)17)23-16(18,19)20/h4,6-8,10H,5,9H2,1-3H3,(H,21,22). The molecule has 134 valence electrons. The van der Waals surface area contributed by atoms with Crippen molar-refractivity contribution >= 4 is 12.2 Å². The molecule has 0 fully saturated rings. The second-order valence-electron chi connectivity index (χ2n) is 5.85. The molecular formula is C16H19F4NO3. The minimum atomic E-state index is -4.84. The Morgan fingerprint density at radius 3 is 2.50 bits per heavy atom. The van der Waals surface area contributed by atoms with Crippen LogP contribution >= 0.6 is 0 Å². The van der Waals surface area contributed by atoms with Crippen LogP contribution in [0.2, 0.25) is 0 Å². The molecule has 0 bridgehead atoms. The minimum absolute atomic E-state index is 0.0472. The number of benzene rings is 1. The maximum atomic E-state index is 13.5. The lowest BCUT2D eigenvalue weighted by Gasteiger charge is -2.19. The predicted octanol–water partition coefficient (Wildman–Crippen LogP) is 4.65. The van der Waals surface area contributed by atoms with Crippen LogP contribution in [-0.2, 0) is 4.74 Å². The van der Waals surface area contributed by atoms with E-state index in [-0.39, 0.29) is 12.1 Å². The van der Waals surface area contributed by atoms with Crippen LogP contribution in [0.15, 0.2) is 24.3 Å². The molecule has 0 saturated heterocycles. The number of carbonyl (C=O) groups is 1. The lowest BCUT2D eigenvalue weighted by atomic mass is 10.1. The van der Waals surface area contributed by atoms with Crippen molar-refractivity contribution in [1.29, 1.82) is 0 Å². The van der Waals surface area contributed by atoms with Crippen molar-refractivity contribution in [2.75, 3.05) is 6.54 Å². The van der Waals surface area contributed by atoms with Gasteiger partial charge in [-0.25, -0.2) is 9.18 Å². The first-order chi connectivity index (χ1) is 11.0. The van der Waals surface area contributed by atoms with Gasteiger partial charge in [0.25, 0.3) is 0 Å². The summed E-state index contributed by atoms with van der Waals surface area (Å²) in [7, 11) is 0. The van der Waals surface area contributed by atoms with Crippen LogP contribution in [0.25, 0.3) is 6.08 Å². The first kappa shape index (κ1) is 19.8. The molecule has 1 rings (SSSR count). The highest BCUT2D eigenvalue weighted by molar-refractivity contribution is 5.67. The highest BCUT2D eigenvalue weighted by Crippen LogP contribution is 2.25. The number of nitrogens with one attached hydrogen (secondary N) is 1. The molecule has 0 aromatic heterocycles. The molecule has 0 aliphatic carbocycles. The van der Waals surface area contributed by atoms with Crippen LogP contribution in [0.5, 0.6) is 5.75 Å². The van der Waals surface area contributed by atoms with Gasteiger partial charge in [0, 0.05) is 12.1 Å². The van der Waals surface area contributed by atoms with Crippen molar-refractivity contribution in [3.63, 3.8) is 0 Å². The maximum absolute atomic E-state index is 13.5. The largest absolute Gasteiger partial charge is 0.573 e. The van der Waals surface area contributed by atoms with E-state index >= 15 is 0 Å². The normalized spacial score (nSPS) is 12.3. The number of ether oxygens (including phenoxy) is 2. The lowest BCUT2D eigenvalue weighted by molar-refractivity contribution is -0.274. The molecule has 1 N–H and O–H groups in total. The molecule has 0 aliphatic rings. The molecule has 8 heteroatoms. The van der Waals surface area contributed by atoms with E-state index in [0.717, 1.165) is 18.2 Å². The van der Waals surface area contributed by atoms with Gasteiger partial charge in [-0.05, 0) is 45.4 Å². The first-order valence-corrected chi connectivity index (χ1v) is 7.15. The Morgan fingerprint density at radius 1 is 1.25 bits per heavy atom. The second-order valence-corrected chi connectivity index (χ2v) is 5.85. The SMILES string of the molecule is CC(C)(C)OC(=O)NCCC=Cc1cc(OC(F)(F)F)ccc1F. The molecule has 1 amide bonds. The Hall–Kier alpha value is -2.25. The van der Waals surface area contributed by atoms with Crippen molar-refractivity contribution in [3.8, 4) is 5.75 Å². The number of hydrogen-bond donors (Lipinski definition) is 1. The number of carbonyl (C=O) groups excluding carboxylic acids is 1. The average molecular weight is 349 g/mol. The Labute approximate surface area is 137 Å². The third-order valence-corrected chi connectivity index (χ3v) is 2.48. The van der Waals surface area contributed by atoms with Crippen LogP contribution in [0, 0.1) is 5.82 Å². The smallest absolute Gasteiger partial charge is 0.444 e. The lowest BCUT2D eigenvalue weighted by Crippen LogP contribution is -2.32. The third kappa shape index (κ3) is 8.40. The van der Waals surface area contributed by atoms with Crippen LogP contribution in [0.3, 0.4) is 0 Å². The van der Waals surface area contributed by atoms with E-state index in [1.165, 1.54) is 12.2 Å². The fraction of sp³-hybridized carbons (Fsp3) is 0.438. The Kier molecular flexibility index (Phi) is 6.62. The summed E-state index contributed by atoms with van der Waals surface area (Å²) in [6.45, 7) is 5.42. The monoisotopic (exact) mass is 349 g/mol. The van der Waals surface area contributed by atoms with Crippen LogP contribution in [0.4, 0.5) is 22.4 Å². The summed E-state index contributed by atoms with van der Waals surface area (Å²) in [6, 6.07) is 2.73. The van der Waals surface area contributed by atoms with Crippen molar-refractivity contribution in [3.05, 3.63) is 35.7 Å². The van der Waals surface area contributed by atoms with E-state index in [1.807, 2.05) is 0 Å². The van der Waals surface area contributed by atoms with E-state index in [0.29, 0.717) is 6.42 Å². The molecule has 4 nitrogen and oxygen atoms in total. The summed E-state index contributed by atoms with van der Waals surface area (Å²) in [5.74, 6) is -1.18. The van der Waals surface area contributed by atoms with E-state index in [2.05, 4.69) is 10.1 Å². The van der Waals surface area contributed by atoms with Crippen molar-refractivity contribution in [2.45, 2.75) is 39.2 Å². The number of amides is 1. The topological polar surface area (TPSA) is 47.6 Å². The Morgan fingerprint density at radius 2 is 1.92 bits per heavy atom. The van der Waals surface area contributed by atoms with Gasteiger partial charge in [-0.15, -0.1) is 13.2 Å². The molecule has 0 saturated carbocycles. The van der Waals surface area contributed by atoms with Crippen LogP contribution in [0.1, 0.15) is 32.8 Å². The van der Waals surface area contributed by atoms with Crippen molar-refractivity contribution in [1.82, 2.24) is 5.32 Å². The van der Waals surface area contributed by atoms with Gasteiger partial charge >= 0.3 is 12.5 Å². The van der Waals surface area contributed by atoms with E-state index < -0.39 is 29.6 Å². The third-order valence-electron chi connectivity index (χ3n) is 2.48. The zero-order valence-electron chi connectivity index (χ0n) is 13.5. The highest BCUT2D eigenvalue weighted by Gasteiger charge is 2.31. The first-order valence-electron chi connectivity index (χ1n) is 7.15. The van der Waals surface area contributed by atoms with Crippen LogP contribution in [-0.4, -0.2) is 24.6 Å². The Bertz CT molecular complexity index is 592. The fourth-order valence-corrected chi connectivity index (χ4v) is 1.63. The van der Waals surface area contributed by atoms with Gasteiger partial charge in [0.05, 0.1) is 0 Å². The van der Waals surface area contributed by atoms with Gasteiger partial charge in [0.15, 0.2) is 0 Å². The average Bonchev–Trinajstić information content (AvgIpc) is 2.38. The van der Waals surface area contributed by atoms with Gasteiger partial charge in [0.2, 0.25) is 0 Å². The molecule has 0 heterocycles. The van der Waals surface area contributed by atoms with E-state index in [9.17, 15) is 22.4 Å². The molecule has 24 heavy (non-hydrogen) atoms. The number of alkyl halides is 3. The Balaban J connectivity index is 2.52. The van der Waals surface area contributed by atoms with E-state index in [1.54, 1.807) is 20.8 Å². The summed E-state index contributed by atoms with van der Waals surface area (Å²) >= 11 is 0. The van der Waals surface area contributed by atoms with Gasteiger partial charge in [0.1, 0.15) is 17.2 Å². The summed E-state index contributed by atoms with van der Waals surface area (Å²) in [6.07, 6.45) is -2.23. The molecular weight excluding hydrogens is 330 g/mol. The number of halogens is 4. The maximum Gasteiger partial charge on any atom is 0.573 e. The fourth-order valence-electron chi connectivity index (χ4n) is 1.63. The molecule has 0 aliphatic heterocycles. The van der Waals surface area contributed by atoms with Gasteiger partial charge < -0.3 is 14.8 Å². The van der Waals surface area contributed by atoms with Gasteiger partial charge in [-0.1, -0.05) is 12.2 Å². The zero-order chi connectivity index (χ0) is 18.4. The molecule has 0 atom stereocenters. The number of hydrogen-bond acceptors (Lipinski definition) is 3. The minimum Gasteiger partial charge on any atom is -0.444 e. The molecule has 1 aromatic rings. The summed E-state index contributed by atoms with van der Waals surface area (Å²) in [4.78, 5) is 11.4. The molecule has 0 radical (unpaired) electrons. The zero-order valence-corrected chi connectivity index (χ0v) is 13.5. The van der Waals surface area contributed by atoms with Gasteiger partial charge in [-0.3, -0.25) is 0 Å². The van der Waals surface area contributed by atoms with E-state index in [4.69, 9.17) is 4.74 Å². The summed E-state index contributed by atoms with van der Waals surface area (Å²) < 4.78 is 58.7. The predicted molar refractivity (Wildman–Crippen MR) is 81.0 cm³/mol. The number of rotatable bonds is 5. The molecule has 0 spiro atoms. The van der Waals surface area contributed by atoms with Crippen molar-refractivity contribution in [2.24, 2.45) is 0 Å². The molecule has 0 unspecified atom stereocenters. The summed E-state index contributed by atoms with van der Waals surface area (Å²) in [5, 5.41) is 2.50. The highest BCUT2D eigenvalue weighted by atomic mass is 19.4. The van der Waals surface area contributed by atoms with Crippen molar-refractivity contribution < 1.29 is 31.8 Å².